The van der Waals surface area contributed by atoms with Crippen molar-refractivity contribution in [2.45, 2.75) is 105 Å². The van der Waals surface area contributed by atoms with Crippen LogP contribution in [0, 0.1) is 5.92 Å². The lowest BCUT2D eigenvalue weighted by Crippen LogP contribution is -2.56. The van der Waals surface area contributed by atoms with Crippen LogP contribution in [0.2, 0.25) is 15.1 Å². The molecule has 29 heavy (non-hydrogen) atoms. The molecule has 0 fully saturated rings. The molecule has 0 radical (unpaired) electrons. The molecule has 0 saturated carbocycles. The number of hydrogen-bond donors (Lipinski definition) is 0. The van der Waals surface area contributed by atoms with Crippen molar-refractivity contribution in [2.24, 2.45) is 5.92 Å². The first-order valence-electron chi connectivity index (χ1n) is 11.0. The van der Waals surface area contributed by atoms with E-state index in [2.05, 4.69) is 69.2 Å². The van der Waals surface area contributed by atoms with Crippen LogP contribution in [0.4, 0.5) is 0 Å². The Morgan fingerprint density at radius 2 is 0.897 bits per heavy atom. The molecule has 0 unspecified atom stereocenters. The largest absolute Gasteiger partial charge is 0.507 e. The number of rotatable bonds is 10. The first kappa shape index (κ1) is 31.4. The van der Waals surface area contributed by atoms with Crippen LogP contribution in [0.5, 0.6) is 0 Å². The predicted molar refractivity (Wildman–Crippen MR) is 129 cm³/mol. The normalized spacial score (nSPS) is 14.1. The van der Waals surface area contributed by atoms with Crippen molar-refractivity contribution >= 4 is 17.4 Å². The van der Waals surface area contributed by atoms with Crippen molar-refractivity contribution in [3.05, 3.63) is 0 Å². The molecule has 5 nitrogen and oxygen atoms in total. The molecular weight excluding hydrogens is 400 g/mol. The highest BCUT2D eigenvalue weighted by Crippen LogP contribution is 2.51. The van der Waals surface area contributed by atoms with E-state index in [9.17, 15) is 0 Å². The van der Waals surface area contributed by atoms with E-state index in [4.69, 9.17) is 22.1 Å². The molecule has 0 aliphatic rings. The van der Waals surface area contributed by atoms with Crippen molar-refractivity contribution in [3.63, 3.8) is 0 Å². The molecule has 0 spiro atoms. The smallest absolute Gasteiger partial charge is 0.397 e. The van der Waals surface area contributed by atoms with E-state index in [1.54, 1.807) is 14.2 Å². The summed E-state index contributed by atoms with van der Waals surface area (Å²) in [5.74, 6) is 0.462. The molecule has 0 saturated heterocycles. The van der Waals surface area contributed by atoms with Gasteiger partial charge in [0.1, 0.15) is 0 Å². The van der Waals surface area contributed by atoms with E-state index in [0.717, 1.165) is 0 Å². The highest BCUT2D eigenvalue weighted by molar-refractivity contribution is 6.73. The lowest BCUT2D eigenvalue weighted by atomic mass is 9.99. The molecule has 0 atom stereocenters. The second kappa shape index (κ2) is 12.3. The standard InChI is InChI=1S/C12H28O3Si.C10H24O2Si/c1-8-13-16(14-9-2,15-10-3)12(6,7)11(4)5;1-9(2,3)13(11-7,12-8)10(4,5)6/h11H,8-10H2,1-7H3;1-8H3. The van der Waals surface area contributed by atoms with Gasteiger partial charge in [0.05, 0.1) is 0 Å². The third-order valence-corrected chi connectivity index (χ3v) is 15.0. The molecule has 0 aliphatic carbocycles. The summed E-state index contributed by atoms with van der Waals surface area (Å²) in [6.07, 6.45) is 0. The van der Waals surface area contributed by atoms with Crippen molar-refractivity contribution in [1.82, 2.24) is 0 Å². The Bertz CT molecular complexity index is 402. The van der Waals surface area contributed by atoms with Gasteiger partial charge in [-0.15, -0.1) is 0 Å². The van der Waals surface area contributed by atoms with E-state index >= 15 is 0 Å². The van der Waals surface area contributed by atoms with Gasteiger partial charge in [0.25, 0.3) is 0 Å². The molecule has 0 aromatic heterocycles. The predicted octanol–water partition coefficient (Wildman–Crippen LogP) is 6.79. The second-order valence-corrected chi connectivity index (χ2v) is 18.6. The fourth-order valence-corrected chi connectivity index (χ4v) is 12.1. The molecule has 0 rings (SSSR count). The molecule has 7 heteroatoms. The van der Waals surface area contributed by atoms with Gasteiger partial charge in [-0.1, -0.05) is 69.2 Å². The van der Waals surface area contributed by atoms with Crippen molar-refractivity contribution in [3.8, 4) is 0 Å². The summed E-state index contributed by atoms with van der Waals surface area (Å²) in [7, 11) is -1.19. The van der Waals surface area contributed by atoms with Gasteiger partial charge in [-0.05, 0) is 26.7 Å². The molecule has 0 heterocycles. The van der Waals surface area contributed by atoms with Crippen LogP contribution in [0.25, 0.3) is 0 Å². The minimum absolute atomic E-state index is 0.0605. The summed E-state index contributed by atoms with van der Waals surface area (Å²) < 4.78 is 29.3. The zero-order valence-electron chi connectivity index (χ0n) is 22.2. The first-order chi connectivity index (χ1) is 13.0. The summed E-state index contributed by atoms with van der Waals surface area (Å²) in [6.45, 7) is 29.8. The van der Waals surface area contributed by atoms with Gasteiger partial charge < -0.3 is 22.1 Å². The maximum absolute atomic E-state index is 5.93. The summed E-state index contributed by atoms with van der Waals surface area (Å²) in [6, 6.07) is 0. The zero-order chi connectivity index (χ0) is 23.7. The Hall–Kier alpha value is 0.234. The van der Waals surface area contributed by atoms with Crippen molar-refractivity contribution in [2.75, 3.05) is 34.0 Å². The van der Waals surface area contributed by atoms with Crippen molar-refractivity contribution in [1.29, 1.82) is 0 Å². The van der Waals surface area contributed by atoms with Gasteiger partial charge in [-0.25, -0.2) is 0 Å². The third-order valence-electron chi connectivity index (χ3n) is 5.79. The number of hydrogen-bond acceptors (Lipinski definition) is 5. The molecule has 0 bridgehead atoms. The Kier molecular flexibility index (Phi) is 13.3. The Labute approximate surface area is 184 Å². The topological polar surface area (TPSA) is 46.2 Å². The van der Waals surface area contributed by atoms with Crippen molar-refractivity contribution < 1.29 is 22.1 Å². The first-order valence-corrected chi connectivity index (χ1v) is 14.6. The van der Waals surface area contributed by atoms with Gasteiger partial charge in [-0.3, -0.25) is 0 Å². The summed E-state index contributed by atoms with van der Waals surface area (Å²) in [5, 5.41) is 0.124. The molecule has 178 valence electrons. The molecule has 0 amide bonds. The molecule has 0 N–H and O–H groups in total. The average Bonchev–Trinajstić information content (AvgIpc) is 2.54. The molecule has 0 aromatic carbocycles. The second-order valence-electron chi connectivity index (χ2n) is 10.3. The van der Waals surface area contributed by atoms with Gasteiger partial charge in [0, 0.05) is 49.2 Å². The van der Waals surface area contributed by atoms with E-state index in [-0.39, 0.29) is 15.1 Å². The van der Waals surface area contributed by atoms with Crippen LogP contribution in [-0.4, -0.2) is 51.4 Å². The van der Waals surface area contributed by atoms with E-state index in [0.29, 0.717) is 25.7 Å². The lowest BCUT2D eigenvalue weighted by molar-refractivity contribution is 0.0398. The van der Waals surface area contributed by atoms with E-state index in [1.807, 2.05) is 20.8 Å². The van der Waals surface area contributed by atoms with Crippen LogP contribution in [0.3, 0.4) is 0 Å². The maximum Gasteiger partial charge on any atom is 0.507 e. The third kappa shape index (κ3) is 7.40. The molecule has 0 aromatic rings. The van der Waals surface area contributed by atoms with Crippen LogP contribution < -0.4 is 0 Å². The van der Waals surface area contributed by atoms with Gasteiger partial charge in [0.15, 0.2) is 0 Å². The lowest BCUT2D eigenvalue weighted by Gasteiger charge is -2.47. The summed E-state index contributed by atoms with van der Waals surface area (Å²) in [4.78, 5) is 0. The highest BCUT2D eigenvalue weighted by Gasteiger charge is 2.57. The van der Waals surface area contributed by atoms with Crippen LogP contribution >= 0.6 is 0 Å². The van der Waals surface area contributed by atoms with Gasteiger partial charge in [-0.2, -0.15) is 0 Å². The fourth-order valence-electron chi connectivity index (χ4n) is 4.04. The Balaban J connectivity index is 0. The molecular formula is C22H52O5Si2. The van der Waals surface area contributed by atoms with E-state index < -0.39 is 17.4 Å². The van der Waals surface area contributed by atoms with Crippen LogP contribution in [-0.2, 0) is 22.1 Å². The SMILES string of the molecule is CCO[Si](OCC)(OCC)C(C)(C)C(C)C.CO[Si](OC)(C(C)(C)C)C(C)(C)C. The minimum atomic E-state index is -2.59. The highest BCUT2D eigenvalue weighted by atomic mass is 28.4. The molecule has 0 aliphatic heterocycles. The van der Waals surface area contributed by atoms with Gasteiger partial charge in [0.2, 0.25) is 0 Å². The minimum Gasteiger partial charge on any atom is -0.397 e. The van der Waals surface area contributed by atoms with E-state index in [1.165, 1.54) is 0 Å². The Morgan fingerprint density at radius 3 is 1.00 bits per heavy atom. The quantitative estimate of drug-likeness (QED) is 0.341. The summed E-state index contributed by atoms with van der Waals surface area (Å²) >= 11 is 0. The zero-order valence-corrected chi connectivity index (χ0v) is 24.2. The average molecular weight is 453 g/mol. The van der Waals surface area contributed by atoms with Crippen LogP contribution in [0.1, 0.15) is 90.0 Å². The van der Waals surface area contributed by atoms with Crippen LogP contribution in [0.15, 0.2) is 0 Å². The maximum atomic E-state index is 5.93. The monoisotopic (exact) mass is 452 g/mol. The van der Waals surface area contributed by atoms with Gasteiger partial charge >= 0.3 is 17.4 Å². The summed E-state index contributed by atoms with van der Waals surface area (Å²) in [5.41, 5.74) is 0. The Morgan fingerprint density at radius 1 is 0.621 bits per heavy atom. The fraction of sp³-hybridized carbons (Fsp3) is 1.00.